The van der Waals surface area contributed by atoms with Gasteiger partial charge in [0.15, 0.2) is 16.7 Å². The van der Waals surface area contributed by atoms with E-state index < -0.39 is 10.8 Å². The topological polar surface area (TPSA) is 67.5 Å². The molecular formula is C23H31N3O3S. The van der Waals surface area contributed by atoms with Gasteiger partial charge in [0.05, 0.1) is 40.8 Å². The van der Waals surface area contributed by atoms with Crippen LogP contribution in [0.1, 0.15) is 38.8 Å². The van der Waals surface area contributed by atoms with E-state index in [4.69, 9.17) is 9.47 Å². The van der Waals surface area contributed by atoms with Gasteiger partial charge in [0.2, 0.25) is 0 Å². The molecule has 1 unspecified atom stereocenters. The summed E-state index contributed by atoms with van der Waals surface area (Å²) >= 11 is 0. The predicted molar refractivity (Wildman–Crippen MR) is 123 cm³/mol. The smallest absolute Gasteiger partial charge is 0.197 e. The number of aromatic nitrogens is 2. The van der Waals surface area contributed by atoms with Gasteiger partial charge in [0, 0.05) is 30.9 Å². The van der Waals surface area contributed by atoms with Crippen molar-refractivity contribution < 1.29 is 13.7 Å². The van der Waals surface area contributed by atoms with Crippen molar-refractivity contribution in [2.24, 2.45) is 0 Å². The molecule has 162 valence electrons. The Morgan fingerprint density at radius 2 is 1.67 bits per heavy atom. The van der Waals surface area contributed by atoms with Crippen molar-refractivity contribution >= 4 is 27.5 Å². The van der Waals surface area contributed by atoms with Crippen LogP contribution in [0.15, 0.2) is 35.5 Å². The molecule has 0 spiro atoms. The zero-order valence-electron chi connectivity index (χ0n) is 18.4. The van der Waals surface area contributed by atoms with Gasteiger partial charge in [-0.1, -0.05) is 12.1 Å². The number of hydrogen-bond acceptors (Lipinski definition) is 5. The fraction of sp³-hybridized carbons (Fsp3) is 0.435. The van der Waals surface area contributed by atoms with Crippen LogP contribution in [0.4, 0.5) is 5.69 Å². The van der Waals surface area contributed by atoms with Crippen molar-refractivity contribution in [1.82, 2.24) is 9.97 Å². The summed E-state index contributed by atoms with van der Waals surface area (Å²) in [7, 11) is -1.30. The molecule has 3 rings (SSSR count). The molecule has 30 heavy (non-hydrogen) atoms. The Morgan fingerprint density at radius 3 is 2.30 bits per heavy atom. The number of imidazole rings is 1. The third-order valence-electron chi connectivity index (χ3n) is 4.97. The molecule has 2 aromatic carbocycles. The second-order valence-electron chi connectivity index (χ2n) is 7.02. The monoisotopic (exact) mass is 429 g/mol. The first-order chi connectivity index (χ1) is 14.5. The number of benzene rings is 2. The summed E-state index contributed by atoms with van der Waals surface area (Å²) in [5, 5.41) is 0.465. The first-order valence-corrected chi connectivity index (χ1v) is 11.8. The number of nitrogens with one attached hydrogen (secondary N) is 1. The molecule has 0 saturated carbocycles. The maximum Gasteiger partial charge on any atom is 0.197 e. The lowest BCUT2D eigenvalue weighted by Crippen LogP contribution is -2.23. The molecular weight excluding hydrogens is 398 g/mol. The Balaban J connectivity index is 1.92. The predicted octanol–water partition coefficient (Wildman–Crippen LogP) is 4.82. The minimum absolute atomic E-state index is 0.405. The normalized spacial score (nSPS) is 12.2. The van der Waals surface area contributed by atoms with E-state index in [9.17, 15) is 4.21 Å². The van der Waals surface area contributed by atoms with Crippen molar-refractivity contribution in [3.05, 3.63) is 41.5 Å². The number of ether oxygens (including phenoxy) is 2. The molecule has 0 saturated heterocycles. The molecule has 0 aliphatic heterocycles. The summed E-state index contributed by atoms with van der Waals surface area (Å²) in [4.78, 5) is 10.1. The minimum atomic E-state index is -1.30. The molecule has 3 aromatic rings. The van der Waals surface area contributed by atoms with E-state index in [0.717, 1.165) is 35.4 Å². The van der Waals surface area contributed by atoms with Crippen molar-refractivity contribution in [1.29, 1.82) is 0 Å². The van der Waals surface area contributed by atoms with Gasteiger partial charge in [-0.2, -0.15) is 0 Å². The van der Waals surface area contributed by atoms with Gasteiger partial charge < -0.3 is 19.4 Å². The summed E-state index contributed by atoms with van der Waals surface area (Å²) in [6.07, 6.45) is 0. The highest BCUT2D eigenvalue weighted by Crippen LogP contribution is 2.32. The molecule has 0 aliphatic rings. The number of rotatable bonds is 10. The van der Waals surface area contributed by atoms with Gasteiger partial charge in [-0.05, 0) is 51.8 Å². The van der Waals surface area contributed by atoms with E-state index in [0.29, 0.717) is 35.6 Å². The van der Waals surface area contributed by atoms with Gasteiger partial charge in [0.1, 0.15) is 0 Å². The molecule has 1 heterocycles. The molecule has 1 aromatic heterocycles. The Bertz CT molecular complexity index is 985. The first kappa shape index (κ1) is 22.2. The minimum Gasteiger partial charge on any atom is -0.490 e. The fourth-order valence-electron chi connectivity index (χ4n) is 3.50. The van der Waals surface area contributed by atoms with Gasteiger partial charge in [-0.25, -0.2) is 4.98 Å². The second kappa shape index (κ2) is 9.98. The van der Waals surface area contributed by atoms with E-state index in [2.05, 4.69) is 53.8 Å². The van der Waals surface area contributed by atoms with Crippen molar-refractivity contribution in [3.8, 4) is 11.5 Å². The Labute approximate surface area is 181 Å². The molecule has 0 bridgehead atoms. The van der Waals surface area contributed by atoms with Crippen LogP contribution < -0.4 is 14.4 Å². The number of H-pyrrole nitrogens is 1. The largest absolute Gasteiger partial charge is 0.490 e. The van der Waals surface area contributed by atoms with Gasteiger partial charge in [0.25, 0.3) is 0 Å². The summed E-state index contributed by atoms with van der Waals surface area (Å²) in [6.45, 7) is 13.1. The third-order valence-corrected chi connectivity index (χ3v) is 6.17. The number of anilines is 1. The van der Waals surface area contributed by atoms with Gasteiger partial charge in [-0.15, -0.1) is 0 Å². The average Bonchev–Trinajstić information content (AvgIpc) is 3.14. The van der Waals surface area contributed by atoms with Crippen LogP contribution in [0, 0.1) is 6.92 Å². The molecule has 0 radical (unpaired) electrons. The Kier molecular flexibility index (Phi) is 7.37. The van der Waals surface area contributed by atoms with Crippen LogP contribution in [0.5, 0.6) is 11.5 Å². The second-order valence-corrected chi connectivity index (χ2v) is 8.38. The maximum absolute atomic E-state index is 13.2. The van der Waals surface area contributed by atoms with E-state index in [1.54, 1.807) is 0 Å². The van der Waals surface area contributed by atoms with Crippen molar-refractivity contribution in [2.75, 3.05) is 31.2 Å². The molecule has 0 fully saturated rings. The molecule has 6 nitrogen and oxygen atoms in total. The number of hydrogen-bond donors (Lipinski definition) is 1. The summed E-state index contributed by atoms with van der Waals surface area (Å²) in [5.74, 6) is 1.72. The molecule has 0 aliphatic carbocycles. The van der Waals surface area contributed by atoms with Gasteiger partial charge >= 0.3 is 0 Å². The van der Waals surface area contributed by atoms with E-state index in [-0.39, 0.29) is 0 Å². The Morgan fingerprint density at radius 1 is 1.00 bits per heavy atom. The molecule has 7 heteroatoms. The zero-order chi connectivity index (χ0) is 21.7. The highest BCUT2D eigenvalue weighted by atomic mass is 32.2. The highest BCUT2D eigenvalue weighted by Gasteiger charge is 2.17. The SMILES string of the molecule is CCOc1cc2nc(S(=O)Cc3ccc(C)cc3N(CC)CC)[nH]c2cc1OCC. The van der Waals surface area contributed by atoms with Crippen LogP contribution in [0.25, 0.3) is 11.0 Å². The van der Waals surface area contributed by atoms with Crippen LogP contribution in [-0.2, 0) is 16.6 Å². The molecule has 0 amide bonds. The molecule has 1 atom stereocenters. The number of nitrogens with zero attached hydrogens (tertiary/aromatic N) is 2. The summed E-state index contributed by atoms with van der Waals surface area (Å²) in [5.41, 5.74) is 4.91. The molecule has 1 N–H and O–H groups in total. The summed E-state index contributed by atoms with van der Waals surface area (Å²) < 4.78 is 24.5. The van der Waals surface area contributed by atoms with E-state index in [1.807, 2.05) is 26.0 Å². The van der Waals surface area contributed by atoms with Crippen LogP contribution >= 0.6 is 0 Å². The van der Waals surface area contributed by atoms with Crippen LogP contribution in [0.2, 0.25) is 0 Å². The fourth-order valence-corrected chi connectivity index (χ4v) is 4.59. The van der Waals surface area contributed by atoms with Gasteiger partial charge in [-0.3, -0.25) is 4.21 Å². The lowest BCUT2D eigenvalue weighted by atomic mass is 10.1. The van der Waals surface area contributed by atoms with Crippen LogP contribution in [0.3, 0.4) is 0 Å². The zero-order valence-corrected chi connectivity index (χ0v) is 19.3. The number of aromatic amines is 1. The maximum atomic E-state index is 13.2. The lowest BCUT2D eigenvalue weighted by molar-refractivity contribution is 0.288. The number of aryl methyl sites for hydroxylation is 1. The Hall–Kier alpha value is -2.54. The third kappa shape index (κ3) is 4.78. The van der Waals surface area contributed by atoms with E-state index >= 15 is 0 Å². The van der Waals surface area contributed by atoms with Crippen molar-refractivity contribution in [3.63, 3.8) is 0 Å². The lowest BCUT2D eigenvalue weighted by Gasteiger charge is -2.24. The quantitative estimate of drug-likeness (QED) is 0.500. The van der Waals surface area contributed by atoms with Crippen LogP contribution in [-0.4, -0.2) is 40.5 Å². The standard InChI is InChI=1S/C23H31N3O3S/c1-6-26(7-2)20-12-16(5)10-11-17(20)15-30(27)23-24-18-13-21(28-8-3)22(29-9-4)14-19(18)25-23/h10-14H,6-9,15H2,1-5H3,(H,24,25). The highest BCUT2D eigenvalue weighted by molar-refractivity contribution is 7.84. The number of fused-ring (bicyclic) bond motifs is 1. The van der Waals surface area contributed by atoms with E-state index in [1.165, 1.54) is 5.56 Å². The average molecular weight is 430 g/mol. The first-order valence-electron chi connectivity index (χ1n) is 10.5. The summed E-state index contributed by atoms with van der Waals surface area (Å²) in [6, 6.07) is 10.0. The van der Waals surface area contributed by atoms with Crippen molar-refractivity contribution in [2.45, 2.75) is 45.5 Å².